The molecule has 1 aromatic rings. The SMILES string of the molecule is CC1(C)CCC(O)(Cc2nc(C(C)(C)C)cs2)CC1. The van der Waals surface area contributed by atoms with Crippen molar-refractivity contribution in [2.45, 2.75) is 77.7 Å². The van der Waals surface area contributed by atoms with Crippen molar-refractivity contribution in [1.82, 2.24) is 4.98 Å². The lowest BCUT2D eigenvalue weighted by atomic mass is 9.70. The van der Waals surface area contributed by atoms with Gasteiger partial charge in [-0.2, -0.15) is 0 Å². The molecule has 1 N–H and O–H groups in total. The molecule has 1 saturated carbocycles. The van der Waals surface area contributed by atoms with Crippen LogP contribution < -0.4 is 0 Å². The zero-order valence-electron chi connectivity index (χ0n) is 12.9. The van der Waals surface area contributed by atoms with Crippen molar-refractivity contribution in [2.24, 2.45) is 5.41 Å². The Morgan fingerprint density at radius 3 is 2.26 bits per heavy atom. The van der Waals surface area contributed by atoms with Crippen LogP contribution in [0.15, 0.2) is 5.38 Å². The van der Waals surface area contributed by atoms with Crippen LogP contribution in [-0.2, 0) is 11.8 Å². The predicted molar refractivity (Wildman–Crippen MR) is 81.7 cm³/mol. The van der Waals surface area contributed by atoms with Gasteiger partial charge in [0.15, 0.2) is 0 Å². The van der Waals surface area contributed by atoms with Gasteiger partial charge in [0.25, 0.3) is 0 Å². The summed E-state index contributed by atoms with van der Waals surface area (Å²) in [7, 11) is 0. The third kappa shape index (κ3) is 3.79. The van der Waals surface area contributed by atoms with Gasteiger partial charge < -0.3 is 5.11 Å². The highest BCUT2D eigenvalue weighted by Crippen LogP contribution is 2.42. The van der Waals surface area contributed by atoms with Crippen molar-refractivity contribution in [3.63, 3.8) is 0 Å². The molecule has 108 valence electrons. The number of thiazole rings is 1. The lowest BCUT2D eigenvalue weighted by Crippen LogP contribution is -2.38. The summed E-state index contributed by atoms with van der Waals surface area (Å²) >= 11 is 1.70. The van der Waals surface area contributed by atoms with Gasteiger partial charge in [-0.1, -0.05) is 34.6 Å². The highest BCUT2D eigenvalue weighted by Gasteiger charge is 2.37. The maximum absolute atomic E-state index is 10.7. The highest BCUT2D eigenvalue weighted by atomic mass is 32.1. The molecule has 1 aliphatic carbocycles. The quantitative estimate of drug-likeness (QED) is 0.876. The first-order valence-corrected chi connectivity index (χ1v) is 8.15. The molecule has 3 heteroatoms. The van der Waals surface area contributed by atoms with Crippen molar-refractivity contribution >= 4 is 11.3 Å². The second-order valence-electron chi connectivity index (χ2n) is 7.94. The van der Waals surface area contributed by atoms with Gasteiger partial charge in [0.1, 0.15) is 0 Å². The van der Waals surface area contributed by atoms with Crippen LogP contribution in [0.3, 0.4) is 0 Å². The summed E-state index contributed by atoms with van der Waals surface area (Å²) in [5.74, 6) is 0. The first-order chi connectivity index (χ1) is 8.60. The molecule has 2 nitrogen and oxygen atoms in total. The van der Waals surface area contributed by atoms with E-state index in [4.69, 9.17) is 4.98 Å². The van der Waals surface area contributed by atoms with Gasteiger partial charge in [0, 0.05) is 17.2 Å². The molecule has 0 radical (unpaired) electrons. The smallest absolute Gasteiger partial charge is 0.0957 e. The van der Waals surface area contributed by atoms with Crippen molar-refractivity contribution in [1.29, 1.82) is 0 Å². The molecule has 0 saturated heterocycles. The Morgan fingerprint density at radius 2 is 1.79 bits per heavy atom. The van der Waals surface area contributed by atoms with E-state index in [9.17, 15) is 5.11 Å². The third-order valence-electron chi connectivity index (χ3n) is 4.33. The summed E-state index contributed by atoms with van der Waals surface area (Å²) in [5.41, 5.74) is 1.12. The van der Waals surface area contributed by atoms with Gasteiger partial charge in [-0.05, 0) is 31.1 Å². The molecule has 1 heterocycles. The van der Waals surface area contributed by atoms with Gasteiger partial charge in [-0.25, -0.2) is 4.98 Å². The van der Waals surface area contributed by atoms with E-state index in [0.29, 0.717) is 5.41 Å². The Balaban J connectivity index is 2.03. The van der Waals surface area contributed by atoms with E-state index in [1.54, 1.807) is 11.3 Å². The maximum Gasteiger partial charge on any atom is 0.0957 e. The van der Waals surface area contributed by atoms with Gasteiger partial charge in [-0.15, -0.1) is 11.3 Å². The molecule has 1 aliphatic rings. The number of hydrogen-bond donors (Lipinski definition) is 1. The molecule has 0 aliphatic heterocycles. The van der Waals surface area contributed by atoms with E-state index >= 15 is 0 Å². The molecule has 0 amide bonds. The van der Waals surface area contributed by atoms with Gasteiger partial charge in [0.05, 0.1) is 16.3 Å². The molecule has 0 unspecified atom stereocenters. The number of aromatic nitrogens is 1. The fourth-order valence-electron chi connectivity index (χ4n) is 2.59. The molecule has 1 fully saturated rings. The van der Waals surface area contributed by atoms with Crippen molar-refractivity contribution in [2.75, 3.05) is 0 Å². The lowest BCUT2D eigenvalue weighted by Gasteiger charge is -2.39. The fraction of sp³-hybridized carbons (Fsp3) is 0.812. The summed E-state index contributed by atoms with van der Waals surface area (Å²) < 4.78 is 0. The molecule has 0 bridgehead atoms. The van der Waals surface area contributed by atoms with E-state index < -0.39 is 5.60 Å². The van der Waals surface area contributed by atoms with E-state index in [1.165, 1.54) is 0 Å². The normalized spacial score (nSPS) is 22.4. The minimum Gasteiger partial charge on any atom is -0.389 e. The van der Waals surface area contributed by atoms with Crippen LogP contribution in [0.25, 0.3) is 0 Å². The Morgan fingerprint density at radius 1 is 1.21 bits per heavy atom. The van der Waals surface area contributed by atoms with Crippen LogP contribution in [0.2, 0.25) is 0 Å². The van der Waals surface area contributed by atoms with Crippen LogP contribution in [0, 0.1) is 5.41 Å². The van der Waals surface area contributed by atoms with Crippen LogP contribution in [0.1, 0.15) is 71.0 Å². The Labute approximate surface area is 121 Å². The zero-order valence-corrected chi connectivity index (χ0v) is 13.7. The first-order valence-electron chi connectivity index (χ1n) is 7.27. The zero-order chi connectivity index (χ0) is 14.3. The minimum absolute atomic E-state index is 0.103. The van der Waals surface area contributed by atoms with Crippen LogP contribution in [0.5, 0.6) is 0 Å². The standard InChI is InChI=1S/C16H27NOS/c1-14(2,3)12-11-19-13(17-12)10-16(18)8-6-15(4,5)7-9-16/h11,18H,6-10H2,1-5H3. The summed E-state index contributed by atoms with van der Waals surface area (Å²) in [6, 6.07) is 0. The monoisotopic (exact) mass is 281 g/mol. The number of nitrogens with zero attached hydrogens (tertiary/aromatic N) is 1. The second kappa shape index (κ2) is 4.85. The molecule has 2 rings (SSSR count). The second-order valence-corrected chi connectivity index (χ2v) is 8.88. The number of hydrogen-bond acceptors (Lipinski definition) is 3. The first kappa shape index (κ1) is 15.0. The molecule has 19 heavy (non-hydrogen) atoms. The van der Waals surface area contributed by atoms with E-state index in [0.717, 1.165) is 42.8 Å². The highest BCUT2D eigenvalue weighted by molar-refractivity contribution is 7.09. The van der Waals surface area contributed by atoms with E-state index in [1.807, 2.05) is 0 Å². The van der Waals surface area contributed by atoms with Crippen LogP contribution in [-0.4, -0.2) is 15.7 Å². The number of aliphatic hydroxyl groups is 1. The van der Waals surface area contributed by atoms with E-state index in [2.05, 4.69) is 40.0 Å². The lowest BCUT2D eigenvalue weighted by molar-refractivity contribution is -0.0251. The molecule has 1 aromatic heterocycles. The molecule has 0 atom stereocenters. The fourth-order valence-corrected chi connectivity index (χ4v) is 3.74. The van der Waals surface area contributed by atoms with E-state index in [-0.39, 0.29) is 5.41 Å². The summed E-state index contributed by atoms with van der Waals surface area (Å²) in [6.45, 7) is 11.2. The summed E-state index contributed by atoms with van der Waals surface area (Å²) in [6.07, 6.45) is 4.76. The maximum atomic E-state index is 10.7. The minimum atomic E-state index is -0.525. The molecule has 0 spiro atoms. The van der Waals surface area contributed by atoms with Crippen molar-refractivity contribution < 1.29 is 5.11 Å². The molecular formula is C16H27NOS. The van der Waals surface area contributed by atoms with Crippen LogP contribution >= 0.6 is 11.3 Å². The average Bonchev–Trinajstić information content (AvgIpc) is 2.71. The molecular weight excluding hydrogens is 254 g/mol. The number of rotatable bonds is 2. The summed E-state index contributed by atoms with van der Waals surface area (Å²) in [5, 5.41) is 14.0. The third-order valence-corrected chi connectivity index (χ3v) is 5.18. The van der Waals surface area contributed by atoms with Gasteiger partial charge in [-0.3, -0.25) is 0 Å². The average molecular weight is 281 g/mol. The van der Waals surface area contributed by atoms with Crippen LogP contribution in [0.4, 0.5) is 0 Å². The Kier molecular flexibility index (Phi) is 3.83. The Bertz CT molecular complexity index is 432. The molecule has 0 aromatic carbocycles. The van der Waals surface area contributed by atoms with Gasteiger partial charge in [0.2, 0.25) is 0 Å². The Hall–Kier alpha value is -0.410. The summed E-state index contributed by atoms with van der Waals surface area (Å²) in [4.78, 5) is 4.72. The van der Waals surface area contributed by atoms with Crippen molar-refractivity contribution in [3.05, 3.63) is 16.1 Å². The largest absolute Gasteiger partial charge is 0.389 e. The van der Waals surface area contributed by atoms with Gasteiger partial charge >= 0.3 is 0 Å². The topological polar surface area (TPSA) is 33.1 Å². The van der Waals surface area contributed by atoms with Crippen molar-refractivity contribution in [3.8, 4) is 0 Å². The predicted octanol–water partition coefficient (Wildman–Crippen LogP) is 4.31.